The first-order valence-electron chi connectivity index (χ1n) is 9.80. The number of aromatic nitrogens is 2. The number of nitrogens with zero attached hydrogens (tertiary/aromatic N) is 1. The summed E-state index contributed by atoms with van der Waals surface area (Å²) >= 11 is 0. The van der Waals surface area contributed by atoms with Gasteiger partial charge in [0, 0.05) is 45.5 Å². The lowest BCUT2D eigenvalue weighted by Gasteiger charge is -2.36. The van der Waals surface area contributed by atoms with Crippen molar-refractivity contribution in [3.05, 3.63) is 83.2 Å². The maximum Gasteiger partial charge on any atom is 0.0745 e. The van der Waals surface area contributed by atoms with Crippen LogP contribution in [-0.4, -0.2) is 9.55 Å². The number of fused-ring (bicyclic) bond motifs is 4. The van der Waals surface area contributed by atoms with E-state index in [2.05, 4.69) is 96.2 Å². The highest BCUT2D eigenvalue weighted by Crippen LogP contribution is 2.54. The molecule has 0 radical (unpaired) electrons. The first-order valence-corrected chi connectivity index (χ1v) is 9.80. The van der Waals surface area contributed by atoms with E-state index in [9.17, 15) is 0 Å². The number of hydrogen-bond acceptors (Lipinski definition) is 0. The summed E-state index contributed by atoms with van der Waals surface area (Å²) in [6.45, 7) is 4.49. The molecule has 2 nitrogen and oxygen atoms in total. The van der Waals surface area contributed by atoms with Crippen LogP contribution in [0.3, 0.4) is 0 Å². The number of para-hydroxylation sites is 2. The summed E-state index contributed by atoms with van der Waals surface area (Å²) in [4.78, 5) is 3.63. The number of hydrogen-bond donors (Lipinski definition) is 1. The lowest BCUT2D eigenvalue weighted by Crippen LogP contribution is -2.36. The van der Waals surface area contributed by atoms with E-state index in [1.54, 1.807) is 0 Å². The van der Waals surface area contributed by atoms with Gasteiger partial charge in [0.1, 0.15) is 0 Å². The second-order valence-corrected chi connectivity index (χ2v) is 7.94. The van der Waals surface area contributed by atoms with E-state index in [1.807, 2.05) is 0 Å². The molecule has 2 atom stereocenters. The van der Waals surface area contributed by atoms with Gasteiger partial charge in [-0.25, -0.2) is 0 Å². The summed E-state index contributed by atoms with van der Waals surface area (Å²) in [5, 5.41) is 2.70. The van der Waals surface area contributed by atoms with E-state index in [4.69, 9.17) is 0 Å². The molecule has 0 fully saturated rings. The number of H-pyrrole nitrogens is 1. The molecule has 0 saturated carbocycles. The van der Waals surface area contributed by atoms with Gasteiger partial charge in [0.2, 0.25) is 0 Å². The van der Waals surface area contributed by atoms with Crippen molar-refractivity contribution in [2.75, 3.05) is 0 Å². The quantitative estimate of drug-likeness (QED) is 0.442. The molecule has 2 aliphatic carbocycles. The normalized spacial score (nSPS) is 23.3. The molecule has 0 spiro atoms. The molecule has 0 aliphatic heterocycles. The molecule has 2 unspecified atom stereocenters. The zero-order chi connectivity index (χ0) is 18.2. The number of aromatic amines is 1. The molecular formula is C25H22N2. The van der Waals surface area contributed by atoms with Gasteiger partial charge in [0.15, 0.2) is 0 Å². The van der Waals surface area contributed by atoms with Crippen molar-refractivity contribution < 1.29 is 0 Å². The standard InChI is InChI=1S/C25H22N2/c1-3-8-21-24-16(2)25(14-13-20(26-21)19(24)15-25)27-22-11-6-4-9-17(22)18-10-5-7-12-23(18)27/h3-14,16,26H,15H2,1-2H3/b8-3-. The molecule has 2 aromatic carbocycles. The van der Waals surface area contributed by atoms with Crippen molar-refractivity contribution in [1.29, 1.82) is 0 Å². The first-order chi connectivity index (χ1) is 13.2. The van der Waals surface area contributed by atoms with Crippen LogP contribution in [0.25, 0.3) is 34.0 Å². The Labute approximate surface area is 158 Å². The predicted octanol–water partition coefficient (Wildman–Crippen LogP) is 6.24. The fourth-order valence-corrected chi connectivity index (χ4v) is 5.56. The Bertz CT molecular complexity index is 1230. The van der Waals surface area contributed by atoms with E-state index in [0.29, 0.717) is 5.92 Å². The van der Waals surface area contributed by atoms with Crippen molar-refractivity contribution in [2.45, 2.75) is 31.7 Å². The molecular weight excluding hydrogens is 328 g/mol. The first kappa shape index (κ1) is 15.1. The van der Waals surface area contributed by atoms with Crippen LogP contribution in [0, 0.1) is 0 Å². The van der Waals surface area contributed by atoms with Gasteiger partial charge in [-0.15, -0.1) is 0 Å². The Kier molecular flexibility index (Phi) is 2.82. The number of allylic oxidation sites excluding steroid dienone is 2. The molecule has 132 valence electrons. The molecule has 2 aromatic heterocycles. The van der Waals surface area contributed by atoms with Gasteiger partial charge in [-0.1, -0.05) is 55.5 Å². The monoisotopic (exact) mass is 350 g/mol. The van der Waals surface area contributed by atoms with E-state index >= 15 is 0 Å². The van der Waals surface area contributed by atoms with E-state index < -0.39 is 0 Å². The maximum absolute atomic E-state index is 3.63. The largest absolute Gasteiger partial charge is 0.355 e. The van der Waals surface area contributed by atoms with Crippen LogP contribution in [0.5, 0.6) is 0 Å². The number of benzene rings is 2. The zero-order valence-electron chi connectivity index (χ0n) is 15.7. The second kappa shape index (κ2) is 5.04. The van der Waals surface area contributed by atoms with Crippen LogP contribution < -0.4 is 0 Å². The summed E-state index contributed by atoms with van der Waals surface area (Å²) in [5.41, 5.74) is 8.20. The summed E-state index contributed by atoms with van der Waals surface area (Å²) < 4.78 is 2.61. The summed E-state index contributed by atoms with van der Waals surface area (Å²) in [6.07, 6.45) is 10.2. The third-order valence-corrected chi connectivity index (χ3v) is 6.72. The smallest absolute Gasteiger partial charge is 0.0745 e. The minimum atomic E-state index is -0.0359. The van der Waals surface area contributed by atoms with Crippen LogP contribution in [0.15, 0.2) is 60.7 Å². The van der Waals surface area contributed by atoms with E-state index in [1.165, 1.54) is 44.3 Å². The molecule has 1 N–H and O–H groups in total. The van der Waals surface area contributed by atoms with Crippen molar-refractivity contribution in [3.8, 4) is 0 Å². The van der Waals surface area contributed by atoms with Crippen LogP contribution >= 0.6 is 0 Å². The average Bonchev–Trinajstić information content (AvgIpc) is 3.29. The molecule has 0 saturated heterocycles. The lowest BCUT2D eigenvalue weighted by atomic mass is 9.82. The van der Waals surface area contributed by atoms with Crippen molar-refractivity contribution in [1.82, 2.24) is 9.55 Å². The summed E-state index contributed by atoms with van der Waals surface area (Å²) in [7, 11) is 0. The van der Waals surface area contributed by atoms with Gasteiger partial charge in [0.25, 0.3) is 0 Å². The maximum atomic E-state index is 3.63. The summed E-state index contributed by atoms with van der Waals surface area (Å²) in [5.74, 6) is 0.418. The van der Waals surface area contributed by atoms with Crippen LogP contribution in [0.2, 0.25) is 0 Å². The van der Waals surface area contributed by atoms with Crippen molar-refractivity contribution >= 4 is 34.0 Å². The fraction of sp³-hybridized carbons (Fsp3) is 0.200. The molecule has 2 heteroatoms. The molecule has 27 heavy (non-hydrogen) atoms. The Balaban J connectivity index is 1.71. The minimum Gasteiger partial charge on any atom is -0.355 e. The van der Waals surface area contributed by atoms with Gasteiger partial charge >= 0.3 is 0 Å². The highest BCUT2D eigenvalue weighted by Gasteiger charge is 2.49. The molecule has 0 amide bonds. The minimum absolute atomic E-state index is 0.0359. The molecule has 2 aliphatic rings. The molecule has 6 rings (SSSR count). The number of rotatable bonds is 2. The third kappa shape index (κ3) is 1.71. The number of nitrogens with one attached hydrogen (secondary N) is 1. The highest BCUT2D eigenvalue weighted by atomic mass is 15.1. The third-order valence-electron chi connectivity index (χ3n) is 6.72. The predicted molar refractivity (Wildman–Crippen MR) is 114 cm³/mol. The SMILES string of the molecule is C/C=C\c1[nH]c2c3c1C(C)C(n1c4ccccc4c4ccccc41)(C=C2)C3. The van der Waals surface area contributed by atoms with E-state index in [0.717, 1.165) is 6.42 Å². The van der Waals surface area contributed by atoms with Gasteiger partial charge in [-0.3, -0.25) is 0 Å². The highest BCUT2D eigenvalue weighted by molar-refractivity contribution is 6.08. The van der Waals surface area contributed by atoms with E-state index in [-0.39, 0.29) is 5.54 Å². The zero-order valence-corrected chi connectivity index (χ0v) is 15.7. The second-order valence-electron chi connectivity index (χ2n) is 7.94. The van der Waals surface area contributed by atoms with Gasteiger partial charge in [0.05, 0.1) is 5.54 Å². The van der Waals surface area contributed by atoms with Crippen LogP contribution in [-0.2, 0) is 12.0 Å². The lowest BCUT2D eigenvalue weighted by molar-refractivity contribution is 0.354. The van der Waals surface area contributed by atoms with Gasteiger partial charge < -0.3 is 9.55 Å². The summed E-state index contributed by atoms with van der Waals surface area (Å²) in [6, 6.07) is 17.7. The Morgan fingerprint density at radius 3 is 2.37 bits per heavy atom. The van der Waals surface area contributed by atoms with Crippen LogP contribution in [0.4, 0.5) is 0 Å². The topological polar surface area (TPSA) is 20.7 Å². The van der Waals surface area contributed by atoms with Gasteiger partial charge in [-0.2, -0.15) is 0 Å². The Morgan fingerprint density at radius 2 is 1.70 bits per heavy atom. The van der Waals surface area contributed by atoms with Crippen LogP contribution in [0.1, 0.15) is 42.3 Å². The molecule has 2 bridgehead atoms. The fourth-order valence-electron chi connectivity index (χ4n) is 5.56. The average molecular weight is 350 g/mol. The Hall–Kier alpha value is -3.00. The van der Waals surface area contributed by atoms with Crippen molar-refractivity contribution in [3.63, 3.8) is 0 Å². The Morgan fingerprint density at radius 1 is 1.04 bits per heavy atom. The molecule has 4 aromatic rings. The molecule has 2 heterocycles. The van der Waals surface area contributed by atoms with Crippen molar-refractivity contribution in [2.24, 2.45) is 0 Å². The van der Waals surface area contributed by atoms with Gasteiger partial charge in [-0.05, 0) is 42.3 Å².